The van der Waals surface area contributed by atoms with Crippen molar-refractivity contribution < 1.29 is 9.53 Å². The van der Waals surface area contributed by atoms with Gasteiger partial charge in [-0.2, -0.15) is 0 Å². The molecular formula is C14H26N2O2. The fraction of sp³-hybridized carbons (Fsp3) is 0.929. The van der Waals surface area contributed by atoms with E-state index in [1.54, 1.807) is 0 Å². The monoisotopic (exact) mass is 254 g/mol. The fourth-order valence-corrected chi connectivity index (χ4v) is 2.88. The summed E-state index contributed by atoms with van der Waals surface area (Å²) in [7, 11) is 0. The minimum atomic E-state index is 0.0588. The van der Waals surface area contributed by atoms with E-state index in [9.17, 15) is 4.79 Å². The molecule has 2 fully saturated rings. The van der Waals surface area contributed by atoms with Crippen LogP contribution in [0, 0.1) is 5.92 Å². The number of ether oxygens (including phenoxy) is 1. The molecule has 104 valence electrons. The lowest BCUT2D eigenvalue weighted by Gasteiger charge is -2.24. The van der Waals surface area contributed by atoms with Crippen molar-refractivity contribution in [3.05, 3.63) is 0 Å². The number of morpholine rings is 1. The third-order valence-corrected chi connectivity index (χ3v) is 4.04. The third kappa shape index (κ3) is 4.58. The average Bonchev–Trinajstić information content (AvgIpc) is 2.56. The van der Waals surface area contributed by atoms with E-state index in [4.69, 9.17) is 4.74 Å². The highest BCUT2D eigenvalue weighted by Crippen LogP contribution is 2.22. The van der Waals surface area contributed by atoms with Gasteiger partial charge >= 0.3 is 0 Å². The Kier molecular flexibility index (Phi) is 5.45. The second-order valence-corrected chi connectivity index (χ2v) is 5.78. The van der Waals surface area contributed by atoms with E-state index < -0.39 is 0 Å². The van der Waals surface area contributed by atoms with Gasteiger partial charge in [0, 0.05) is 19.1 Å². The lowest BCUT2D eigenvalue weighted by Crippen LogP contribution is -2.43. The number of rotatable bonds is 3. The molecule has 1 amide bonds. The van der Waals surface area contributed by atoms with Gasteiger partial charge in [-0.1, -0.05) is 19.8 Å². The highest BCUT2D eigenvalue weighted by atomic mass is 16.5. The SMILES string of the molecule is CC1CCCC(NC(=O)CC2CNCCO2)CC1. The second-order valence-electron chi connectivity index (χ2n) is 5.78. The molecule has 2 N–H and O–H groups in total. The number of nitrogens with one attached hydrogen (secondary N) is 2. The van der Waals surface area contributed by atoms with Gasteiger partial charge in [0.1, 0.15) is 0 Å². The Morgan fingerprint density at radius 2 is 2.22 bits per heavy atom. The van der Waals surface area contributed by atoms with Gasteiger partial charge in [0.05, 0.1) is 19.1 Å². The first-order valence-corrected chi connectivity index (χ1v) is 7.35. The number of amides is 1. The molecule has 18 heavy (non-hydrogen) atoms. The van der Waals surface area contributed by atoms with Crippen LogP contribution in [-0.2, 0) is 9.53 Å². The molecule has 2 aliphatic rings. The maximum absolute atomic E-state index is 12.0. The second kappa shape index (κ2) is 7.10. The molecule has 3 atom stereocenters. The van der Waals surface area contributed by atoms with Crippen LogP contribution in [0.15, 0.2) is 0 Å². The first-order chi connectivity index (χ1) is 8.74. The van der Waals surface area contributed by atoms with Crippen LogP contribution in [0.3, 0.4) is 0 Å². The molecule has 1 aliphatic carbocycles. The van der Waals surface area contributed by atoms with E-state index in [0.29, 0.717) is 12.5 Å². The summed E-state index contributed by atoms with van der Waals surface area (Å²) in [4.78, 5) is 12.0. The van der Waals surface area contributed by atoms with Gasteiger partial charge < -0.3 is 15.4 Å². The summed E-state index contributed by atoms with van der Waals surface area (Å²) in [5.41, 5.74) is 0. The molecule has 1 saturated heterocycles. The van der Waals surface area contributed by atoms with E-state index in [0.717, 1.165) is 38.5 Å². The minimum absolute atomic E-state index is 0.0588. The van der Waals surface area contributed by atoms with Crippen LogP contribution in [0.1, 0.15) is 45.4 Å². The van der Waals surface area contributed by atoms with Crippen LogP contribution in [0.2, 0.25) is 0 Å². The minimum Gasteiger partial charge on any atom is -0.375 e. The summed E-state index contributed by atoms with van der Waals surface area (Å²) in [5.74, 6) is 0.973. The zero-order valence-electron chi connectivity index (χ0n) is 11.4. The van der Waals surface area contributed by atoms with Gasteiger partial charge in [-0.05, 0) is 25.2 Å². The van der Waals surface area contributed by atoms with Gasteiger partial charge in [0.15, 0.2) is 0 Å². The molecule has 0 radical (unpaired) electrons. The quantitative estimate of drug-likeness (QED) is 0.750. The maximum atomic E-state index is 12.0. The molecule has 1 aliphatic heterocycles. The molecule has 1 heterocycles. The molecule has 4 heteroatoms. The zero-order chi connectivity index (χ0) is 12.8. The molecule has 3 unspecified atom stereocenters. The van der Waals surface area contributed by atoms with E-state index in [2.05, 4.69) is 17.6 Å². The van der Waals surface area contributed by atoms with E-state index in [1.807, 2.05) is 0 Å². The lowest BCUT2D eigenvalue weighted by molar-refractivity contribution is -0.125. The standard InChI is InChI=1S/C14H26N2O2/c1-11-3-2-4-12(6-5-11)16-14(17)9-13-10-15-7-8-18-13/h11-13,15H,2-10H2,1H3,(H,16,17). The van der Waals surface area contributed by atoms with Crippen LogP contribution < -0.4 is 10.6 Å². The van der Waals surface area contributed by atoms with Crippen LogP contribution in [0.5, 0.6) is 0 Å². The van der Waals surface area contributed by atoms with Gasteiger partial charge in [-0.3, -0.25) is 4.79 Å². The topological polar surface area (TPSA) is 50.4 Å². The van der Waals surface area contributed by atoms with Crippen LogP contribution in [0.25, 0.3) is 0 Å². The Hall–Kier alpha value is -0.610. The van der Waals surface area contributed by atoms with Gasteiger partial charge in [-0.15, -0.1) is 0 Å². The van der Waals surface area contributed by atoms with Crippen molar-refractivity contribution in [2.45, 2.75) is 57.6 Å². The molecular weight excluding hydrogens is 228 g/mol. The fourth-order valence-electron chi connectivity index (χ4n) is 2.88. The highest BCUT2D eigenvalue weighted by molar-refractivity contribution is 5.76. The molecule has 1 saturated carbocycles. The number of hydrogen-bond acceptors (Lipinski definition) is 3. The normalized spacial score (nSPS) is 33.7. The molecule has 2 rings (SSSR count). The van der Waals surface area contributed by atoms with E-state index in [1.165, 1.54) is 19.3 Å². The Balaban J connectivity index is 1.69. The Morgan fingerprint density at radius 1 is 1.33 bits per heavy atom. The molecule has 0 aromatic rings. The Bertz CT molecular complexity index is 265. The molecule has 0 spiro atoms. The smallest absolute Gasteiger partial charge is 0.222 e. The summed E-state index contributed by atoms with van der Waals surface area (Å²) >= 11 is 0. The van der Waals surface area contributed by atoms with Gasteiger partial charge in [0.25, 0.3) is 0 Å². The van der Waals surface area contributed by atoms with Crippen molar-refractivity contribution in [2.75, 3.05) is 19.7 Å². The van der Waals surface area contributed by atoms with Crippen molar-refractivity contribution in [1.82, 2.24) is 10.6 Å². The average molecular weight is 254 g/mol. The van der Waals surface area contributed by atoms with Crippen molar-refractivity contribution in [3.63, 3.8) is 0 Å². The highest BCUT2D eigenvalue weighted by Gasteiger charge is 2.21. The summed E-state index contributed by atoms with van der Waals surface area (Å²) < 4.78 is 5.56. The van der Waals surface area contributed by atoms with E-state index >= 15 is 0 Å². The number of hydrogen-bond donors (Lipinski definition) is 2. The first kappa shape index (κ1) is 13.8. The predicted molar refractivity (Wildman–Crippen MR) is 71.4 cm³/mol. The Labute approximate surface area is 110 Å². The largest absolute Gasteiger partial charge is 0.375 e. The van der Waals surface area contributed by atoms with Crippen molar-refractivity contribution in [3.8, 4) is 0 Å². The summed E-state index contributed by atoms with van der Waals surface area (Å²) in [6.45, 7) is 4.73. The third-order valence-electron chi connectivity index (χ3n) is 4.04. The van der Waals surface area contributed by atoms with Crippen LogP contribution >= 0.6 is 0 Å². The van der Waals surface area contributed by atoms with E-state index in [-0.39, 0.29) is 12.0 Å². The molecule has 0 bridgehead atoms. The van der Waals surface area contributed by atoms with Crippen molar-refractivity contribution in [2.24, 2.45) is 5.92 Å². The number of carbonyl (C=O) groups is 1. The summed E-state index contributed by atoms with van der Waals surface area (Å²) in [5, 5.41) is 6.43. The van der Waals surface area contributed by atoms with Gasteiger partial charge in [0.2, 0.25) is 5.91 Å². The summed E-state index contributed by atoms with van der Waals surface area (Å²) in [6, 6.07) is 0.388. The van der Waals surface area contributed by atoms with Crippen molar-refractivity contribution >= 4 is 5.91 Å². The van der Waals surface area contributed by atoms with Crippen LogP contribution in [0.4, 0.5) is 0 Å². The summed E-state index contributed by atoms with van der Waals surface area (Å²) in [6.07, 6.45) is 6.63. The zero-order valence-corrected chi connectivity index (χ0v) is 11.4. The van der Waals surface area contributed by atoms with Gasteiger partial charge in [-0.25, -0.2) is 0 Å². The Morgan fingerprint density at radius 3 is 3.00 bits per heavy atom. The number of carbonyl (C=O) groups excluding carboxylic acids is 1. The van der Waals surface area contributed by atoms with Crippen molar-refractivity contribution in [1.29, 1.82) is 0 Å². The predicted octanol–water partition coefficient (Wildman–Crippen LogP) is 1.45. The first-order valence-electron chi connectivity index (χ1n) is 7.35. The van der Waals surface area contributed by atoms with Crippen LogP contribution in [-0.4, -0.2) is 37.7 Å². The molecule has 0 aromatic heterocycles. The maximum Gasteiger partial charge on any atom is 0.222 e. The lowest BCUT2D eigenvalue weighted by atomic mass is 10.0. The molecule has 4 nitrogen and oxygen atoms in total. The molecule has 0 aromatic carbocycles.